The fourth-order valence-corrected chi connectivity index (χ4v) is 3.43. The molecule has 0 aliphatic carbocycles. The molecule has 1 N–H and O–H groups in total. The van der Waals surface area contributed by atoms with Crippen molar-refractivity contribution < 1.29 is 18.7 Å². The summed E-state index contributed by atoms with van der Waals surface area (Å²) >= 11 is 0. The van der Waals surface area contributed by atoms with Crippen molar-refractivity contribution in [2.24, 2.45) is 0 Å². The Morgan fingerprint density at radius 3 is 2.77 bits per heavy atom. The average Bonchev–Trinajstić information content (AvgIpc) is 3.27. The fourth-order valence-electron chi connectivity index (χ4n) is 3.43. The second kappa shape index (κ2) is 5.59. The van der Waals surface area contributed by atoms with Crippen LogP contribution in [0.5, 0.6) is 11.5 Å². The number of amides is 1. The Bertz CT molecular complexity index is 1010. The minimum atomic E-state index is -0.322. The summed E-state index contributed by atoms with van der Waals surface area (Å²) in [6, 6.07) is 11.7. The zero-order valence-electron chi connectivity index (χ0n) is 13.6. The number of nitrogens with zero attached hydrogens (tertiary/aromatic N) is 2. The monoisotopic (exact) mass is 351 g/mol. The molecule has 3 heterocycles. The lowest BCUT2D eigenvalue weighted by Crippen LogP contribution is -2.24. The normalized spacial score (nSPS) is 17.7. The number of nitrogens with one attached hydrogen (secondary N) is 1. The van der Waals surface area contributed by atoms with Gasteiger partial charge in [0.2, 0.25) is 12.7 Å². The molecule has 1 atom stereocenters. The van der Waals surface area contributed by atoms with Gasteiger partial charge < -0.3 is 14.8 Å². The molecule has 0 saturated heterocycles. The number of fused-ring (bicyclic) bond motifs is 2. The van der Waals surface area contributed by atoms with Gasteiger partial charge in [-0.1, -0.05) is 6.07 Å². The van der Waals surface area contributed by atoms with Crippen LogP contribution in [-0.4, -0.2) is 22.5 Å². The molecule has 0 spiro atoms. The molecule has 0 bridgehead atoms. The highest BCUT2D eigenvalue weighted by atomic mass is 19.1. The van der Waals surface area contributed by atoms with Crippen LogP contribution in [0.15, 0.2) is 48.7 Å². The minimum absolute atomic E-state index is 0.0935. The van der Waals surface area contributed by atoms with Crippen molar-refractivity contribution in [1.29, 1.82) is 0 Å². The topological polar surface area (TPSA) is 65.4 Å². The molecule has 130 valence electrons. The number of aromatic nitrogens is 2. The smallest absolute Gasteiger partial charge is 0.231 e. The van der Waals surface area contributed by atoms with Gasteiger partial charge in [-0.3, -0.25) is 4.79 Å². The third kappa shape index (κ3) is 2.32. The molecule has 6 nitrogen and oxygen atoms in total. The van der Waals surface area contributed by atoms with E-state index in [0.29, 0.717) is 29.4 Å². The largest absolute Gasteiger partial charge is 0.454 e. The van der Waals surface area contributed by atoms with Crippen molar-refractivity contribution in [2.75, 3.05) is 12.1 Å². The van der Waals surface area contributed by atoms with Gasteiger partial charge in [0.1, 0.15) is 11.6 Å². The lowest BCUT2D eigenvalue weighted by atomic mass is 9.87. The number of anilines is 1. The molecule has 3 aromatic rings. The van der Waals surface area contributed by atoms with Crippen LogP contribution >= 0.6 is 0 Å². The standard InChI is InChI=1S/C19H14FN3O3/c20-12-2-4-13(5-3-12)23-19-15(9-21-23)14(8-18(24)22-19)11-1-6-16-17(7-11)26-10-25-16/h1-7,9,14H,8,10H2,(H,22,24). The molecule has 1 aromatic heterocycles. The van der Waals surface area contributed by atoms with E-state index in [9.17, 15) is 9.18 Å². The van der Waals surface area contributed by atoms with E-state index in [-0.39, 0.29) is 24.4 Å². The van der Waals surface area contributed by atoms with E-state index >= 15 is 0 Å². The second-order valence-electron chi connectivity index (χ2n) is 6.25. The van der Waals surface area contributed by atoms with E-state index in [2.05, 4.69) is 10.4 Å². The Labute approximate surface area is 148 Å². The van der Waals surface area contributed by atoms with Crippen LogP contribution in [0.3, 0.4) is 0 Å². The summed E-state index contributed by atoms with van der Waals surface area (Å²) in [6.07, 6.45) is 2.06. The highest BCUT2D eigenvalue weighted by Gasteiger charge is 2.31. The fraction of sp³-hybridized carbons (Fsp3) is 0.158. The predicted molar refractivity (Wildman–Crippen MR) is 91.2 cm³/mol. The molecule has 0 radical (unpaired) electrons. The summed E-state index contributed by atoms with van der Waals surface area (Å²) in [5.41, 5.74) is 2.55. The third-order valence-electron chi connectivity index (χ3n) is 4.69. The molecule has 1 unspecified atom stereocenters. The van der Waals surface area contributed by atoms with Crippen LogP contribution in [-0.2, 0) is 4.79 Å². The van der Waals surface area contributed by atoms with E-state index in [1.807, 2.05) is 18.2 Å². The lowest BCUT2D eigenvalue weighted by Gasteiger charge is -2.24. The van der Waals surface area contributed by atoms with E-state index in [4.69, 9.17) is 9.47 Å². The number of benzene rings is 2. The van der Waals surface area contributed by atoms with Gasteiger partial charge in [-0.2, -0.15) is 5.10 Å². The number of hydrogen-bond acceptors (Lipinski definition) is 4. The summed E-state index contributed by atoms with van der Waals surface area (Å²) in [7, 11) is 0. The number of rotatable bonds is 2. The summed E-state index contributed by atoms with van der Waals surface area (Å²) in [5.74, 6) is 1.44. The summed E-state index contributed by atoms with van der Waals surface area (Å²) in [5, 5.41) is 7.29. The van der Waals surface area contributed by atoms with Crippen LogP contribution in [0.4, 0.5) is 10.2 Å². The van der Waals surface area contributed by atoms with Crippen LogP contribution < -0.4 is 14.8 Å². The Balaban J connectivity index is 1.59. The number of ether oxygens (including phenoxy) is 2. The van der Waals surface area contributed by atoms with E-state index in [1.165, 1.54) is 12.1 Å². The Hall–Kier alpha value is -3.35. The van der Waals surface area contributed by atoms with Gasteiger partial charge in [0.25, 0.3) is 0 Å². The molecule has 2 aliphatic rings. The van der Waals surface area contributed by atoms with Crippen molar-refractivity contribution >= 4 is 11.7 Å². The van der Waals surface area contributed by atoms with Gasteiger partial charge in [0, 0.05) is 17.9 Å². The number of hydrogen-bond donors (Lipinski definition) is 1. The highest BCUT2D eigenvalue weighted by Crippen LogP contribution is 2.41. The van der Waals surface area contributed by atoms with Crippen molar-refractivity contribution in [1.82, 2.24) is 9.78 Å². The Morgan fingerprint density at radius 2 is 1.92 bits per heavy atom. The summed E-state index contributed by atoms with van der Waals surface area (Å²) in [6.45, 7) is 0.206. The SMILES string of the molecule is O=C1CC(c2ccc3c(c2)OCO3)c2cnn(-c3ccc(F)cc3)c2N1. The van der Waals surface area contributed by atoms with Crippen LogP contribution in [0, 0.1) is 5.82 Å². The van der Waals surface area contributed by atoms with Gasteiger partial charge in [-0.25, -0.2) is 9.07 Å². The molecule has 1 amide bonds. The molecule has 5 rings (SSSR count). The molecule has 2 aromatic carbocycles. The van der Waals surface area contributed by atoms with Crippen molar-refractivity contribution in [3.63, 3.8) is 0 Å². The maximum Gasteiger partial charge on any atom is 0.231 e. The van der Waals surface area contributed by atoms with Crippen molar-refractivity contribution in [3.8, 4) is 17.2 Å². The first-order chi connectivity index (χ1) is 12.7. The van der Waals surface area contributed by atoms with Gasteiger partial charge in [-0.05, 0) is 42.0 Å². The molecular formula is C19H14FN3O3. The highest BCUT2D eigenvalue weighted by molar-refractivity contribution is 5.94. The number of carbonyl (C=O) groups is 1. The minimum Gasteiger partial charge on any atom is -0.454 e. The number of halogens is 1. The molecule has 0 saturated carbocycles. The van der Waals surface area contributed by atoms with Crippen molar-refractivity contribution in [2.45, 2.75) is 12.3 Å². The molecule has 2 aliphatic heterocycles. The maximum absolute atomic E-state index is 13.2. The zero-order valence-corrected chi connectivity index (χ0v) is 13.6. The first kappa shape index (κ1) is 14.9. The number of carbonyl (C=O) groups excluding carboxylic acids is 1. The van der Waals surface area contributed by atoms with E-state index in [1.54, 1.807) is 23.0 Å². The Kier molecular flexibility index (Phi) is 3.21. The first-order valence-electron chi connectivity index (χ1n) is 8.22. The van der Waals surface area contributed by atoms with E-state index < -0.39 is 0 Å². The van der Waals surface area contributed by atoms with Gasteiger partial charge in [0.05, 0.1) is 11.9 Å². The van der Waals surface area contributed by atoms with Gasteiger partial charge >= 0.3 is 0 Å². The Morgan fingerprint density at radius 1 is 1.12 bits per heavy atom. The van der Waals surface area contributed by atoms with Crippen LogP contribution in [0.25, 0.3) is 5.69 Å². The summed E-state index contributed by atoms with van der Waals surface area (Å²) in [4.78, 5) is 12.3. The van der Waals surface area contributed by atoms with Crippen molar-refractivity contribution in [3.05, 3.63) is 65.6 Å². The zero-order chi connectivity index (χ0) is 17.7. The molecule has 26 heavy (non-hydrogen) atoms. The second-order valence-corrected chi connectivity index (χ2v) is 6.25. The van der Waals surface area contributed by atoms with Gasteiger partial charge in [0.15, 0.2) is 11.5 Å². The molecular weight excluding hydrogens is 337 g/mol. The third-order valence-corrected chi connectivity index (χ3v) is 4.69. The maximum atomic E-state index is 13.2. The summed E-state index contributed by atoms with van der Waals surface area (Å²) < 4.78 is 25.6. The first-order valence-corrected chi connectivity index (χ1v) is 8.22. The predicted octanol–water partition coefficient (Wildman–Crippen LogP) is 3.21. The van der Waals surface area contributed by atoms with Crippen LogP contribution in [0.1, 0.15) is 23.5 Å². The lowest BCUT2D eigenvalue weighted by molar-refractivity contribution is -0.116. The molecule has 0 fully saturated rings. The van der Waals surface area contributed by atoms with Crippen LogP contribution in [0.2, 0.25) is 0 Å². The van der Waals surface area contributed by atoms with Gasteiger partial charge in [-0.15, -0.1) is 0 Å². The quantitative estimate of drug-likeness (QED) is 0.770. The van der Waals surface area contributed by atoms with E-state index in [0.717, 1.165) is 11.1 Å². The molecule has 7 heteroatoms. The average molecular weight is 351 g/mol.